The van der Waals surface area contributed by atoms with E-state index in [9.17, 15) is 4.79 Å². The zero-order valence-electron chi connectivity index (χ0n) is 13.1. The summed E-state index contributed by atoms with van der Waals surface area (Å²) < 4.78 is 0. The van der Waals surface area contributed by atoms with E-state index in [1.807, 2.05) is 6.07 Å². The average Bonchev–Trinajstić information content (AvgIpc) is 2.52. The van der Waals surface area contributed by atoms with Gasteiger partial charge in [-0.1, -0.05) is 30.3 Å². The highest BCUT2D eigenvalue weighted by molar-refractivity contribution is 5.76. The molecular formula is C17H27N3O. The van der Waals surface area contributed by atoms with Crippen molar-refractivity contribution >= 4 is 5.91 Å². The number of benzene rings is 1. The number of hydrogen-bond donors (Lipinski definition) is 1. The van der Waals surface area contributed by atoms with Crippen LogP contribution in [0, 0.1) is 0 Å². The molecular weight excluding hydrogens is 262 g/mol. The predicted octanol–water partition coefficient (Wildman–Crippen LogP) is 1.37. The number of carbonyl (C=O) groups excluding carboxylic acids is 1. The van der Waals surface area contributed by atoms with Crippen LogP contribution in [0.1, 0.15) is 18.4 Å². The average molecular weight is 289 g/mol. The normalized spacial score (nSPS) is 16.8. The molecule has 1 N–H and O–H groups in total. The van der Waals surface area contributed by atoms with Crippen molar-refractivity contribution in [3.63, 3.8) is 0 Å². The Kier molecular flexibility index (Phi) is 6.70. The summed E-state index contributed by atoms with van der Waals surface area (Å²) in [5.74, 6) is 0.182. The Bertz CT molecular complexity index is 413. The molecule has 0 aliphatic carbocycles. The fourth-order valence-corrected chi connectivity index (χ4v) is 2.58. The summed E-state index contributed by atoms with van der Waals surface area (Å²) in [6.45, 7) is 6.04. The largest absolute Gasteiger partial charge is 0.356 e. The second-order valence-corrected chi connectivity index (χ2v) is 5.83. The van der Waals surface area contributed by atoms with E-state index in [0.29, 0.717) is 6.42 Å². The van der Waals surface area contributed by atoms with Gasteiger partial charge in [-0.2, -0.15) is 0 Å². The lowest BCUT2D eigenvalue weighted by atomic mass is 10.1. The smallest absolute Gasteiger partial charge is 0.221 e. The monoisotopic (exact) mass is 289 g/mol. The summed E-state index contributed by atoms with van der Waals surface area (Å²) in [5, 5.41) is 3.03. The highest BCUT2D eigenvalue weighted by Crippen LogP contribution is 2.02. The van der Waals surface area contributed by atoms with Gasteiger partial charge in [0.05, 0.1) is 0 Å². The third-order valence-electron chi connectivity index (χ3n) is 4.06. The van der Waals surface area contributed by atoms with Crippen molar-refractivity contribution in [1.82, 2.24) is 15.1 Å². The molecule has 2 rings (SSSR count). The van der Waals surface area contributed by atoms with Crippen LogP contribution in [0.25, 0.3) is 0 Å². The minimum atomic E-state index is 0.182. The lowest BCUT2D eigenvalue weighted by molar-refractivity contribution is -0.121. The predicted molar refractivity (Wildman–Crippen MR) is 86.3 cm³/mol. The molecule has 1 fully saturated rings. The molecule has 0 unspecified atom stereocenters. The SMILES string of the molecule is CN1CCN(CCC(=O)NCCCc2ccccc2)CC1. The van der Waals surface area contributed by atoms with E-state index in [2.05, 4.69) is 46.4 Å². The van der Waals surface area contributed by atoms with Crippen LogP contribution in [0.2, 0.25) is 0 Å². The molecule has 0 spiro atoms. The first-order chi connectivity index (χ1) is 10.2. The molecule has 0 bridgehead atoms. The van der Waals surface area contributed by atoms with E-state index >= 15 is 0 Å². The van der Waals surface area contributed by atoms with Gasteiger partial charge in [0.25, 0.3) is 0 Å². The van der Waals surface area contributed by atoms with E-state index in [1.165, 1.54) is 5.56 Å². The first kappa shape index (κ1) is 16.0. The van der Waals surface area contributed by atoms with Gasteiger partial charge in [-0.05, 0) is 25.5 Å². The standard InChI is InChI=1S/C17H27N3O/c1-19-12-14-20(15-13-19)11-9-17(21)18-10-5-8-16-6-3-2-4-7-16/h2-4,6-7H,5,8-15H2,1H3,(H,18,21). The lowest BCUT2D eigenvalue weighted by Crippen LogP contribution is -2.45. The van der Waals surface area contributed by atoms with Crippen molar-refractivity contribution in [3.8, 4) is 0 Å². The molecule has 1 aromatic carbocycles. The summed E-state index contributed by atoms with van der Waals surface area (Å²) in [7, 11) is 2.15. The molecule has 1 heterocycles. The number of piperazine rings is 1. The molecule has 21 heavy (non-hydrogen) atoms. The highest BCUT2D eigenvalue weighted by Gasteiger charge is 2.14. The van der Waals surface area contributed by atoms with Crippen LogP contribution in [0.4, 0.5) is 0 Å². The van der Waals surface area contributed by atoms with Gasteiger partial charge in [-0.25, -0.2) is 0 Å². The Morgan fingerprint density at radius 3 is 2.57 bits per heavy atom. The maximum absolute atomic E-state index is 11.8. The fourth-order valence-electron chi connectivity index (χ4n) is 2.58. The van der Waals surface area contributed by atoms with Gasteiger partial charge in [-0.15, -0.1) is 0 Å². The number of nitrogens with one attached hydrogen (secondary N) is 1. The third-order valence-corrected chi connectivity index (χ3v) is 4.06. The number of hydrogen-bond acceptors (Lipinski definition) is 3. The second-order valence-electron chi connectivity index (χ2n) is 5.83. The van der Waals surface area contributed by atoms with Crippen LogP contribution in [0.3, 0.4) is 0 Å². The molecule has 0 atom stereocenters. The summed E-state index contributed by atoms with van der Waals surface area (Å²) in [6, 6.07) is 10.4. The number of amides is 1. The van der Waals surface area contributed by atoms with Crippen LogP contribution in [0.15, 0.2) is 30.3 Å². The minimum absolute atomic E-state index is 0.182. The van der Waals surface area contributed by atoms with Crippen molar-refractivity contribution in [3.05, 3.63) is 35.9 Å². The molecule has 4 heteroatoms. The van der Waals surface area contributed by atoms with Crippen molar-refractivity contribution in [2.45, 2.75) is 19.3 Å². The second kappa shape index (κ2) is 8.80. The molecule has 1 aliphatic heterocycles. The van der Waals surface area contributed by atoms with Gasteiger partial charge in [-0.3, -0.25) is 4.79 Å². The Morgan fingerprint density at radius 1 is 1.14 bits per heavy atom. The summed E-state index contributed by atoms with van der Waals surface area (Å²) in [5.41, 5.74) is 1.34. The number of rotatable bonds is 7. The van der Waals surface area contributed by atoms with Gasteiger partial charge >= 0.3 is 0 Å². The van der Waals surface area contributed by atoms with Crippen molar-refractivity contribution in [2.24, 2.45) is 0 Å². The number of aryl methyl sites for hydroxylation is 1. The third kappa shape index (κ3) is 6.27. The Morgan fingerprint density at radius 2 is 1.86 bits per heavy atom. The molecule has 0 radical (unpaired) electrons. The van der Waals surface area contributed by atoms with Crippen LogP contribution >= 0.6 is 0 Å². The topological polar surface area (TPSA) is 35.6 Å². The molecule has 1 saturated heterocycles. The molecule has 116 valence electrons. The van der Waals surface area contributed by atoms with Gasteiger partial charge < -0.3 is 15.1 Å². The number of likely N-dealkylation sites (N-methyl/N-ethyl adjacent to an activating group) is 1. The summed E-state index contributed by atoms with van der Waals surface area (Å²) in [4.78, 5) is 16.5. The van der Waals surface area contributed by atoms with E-state index in [-0.39, 0.29) is 5.91 Å². The maximum atomic E-state index is 11.8. The zero-order chi connectivity index (χ0) is 14.9. The van der Waals surface area contributed by atoms with Crippen LogP contribution in [0.5, 0.6) is 0 Å². The van der Waals surface area contributed by atoms with Crippen LogP contribution in [-0.4, -0.2) is 62.0 Å². The molecule has 4 nitrogen and oxygen atoms in total. The zero-order valence-corrected chi connectivity index (χ0v) is 13.1. The maximum Gasteiger partial charge on any atom is 0.221 e. The van der Waals surface area contributed by atoms with Gasteiger partial charge in [0.15, 0.2) is 0 Å². The lowest BCUT2D eigenvalue weighted by Gasteiger charge is -2.32. The van der Waals surface area contributed by atoms with Crippen molar-refractivity contribution < 1.29 is 4.79 Å². The summed E-state index contributed by atoms with van der Waals surface area (Å²) >= 11 is 0. The summed E-state index contributed by atoms with van der Waals surface area (Å²) in [6.07, 6.45) is 2.65. The van der Waals surface area contributed by atoms with Crippen molar-refractivity contribution in [1.29, 1.82) is 0 Å². The highest BCUT2D eigenvalue weighted by atomic mass is 16.1. The van der Waals surface area contributed by atoms with E-state index in [1.54, 1.807) is 0 Å². The fraction of sp³-hybridized carbons (Fsp3) is 0.588. The Labute approximate surface area is 128 Å². The first-order valence-corrected chi connectivity index (χ1v) is 7.95. The van der Waals surface area contributed by atoms with Gasteiger partial charge in [0.1, 0.15) is 0 Å². The molecule has 1 amide bonds. The molecule has 1 aromatic rings. The van der Waals surface area contributed by atoms with E-state index < -0.39 is 0 Å². The molecule has 0 saturated carbocycles. The van der Waals surface area contributed by atoms with Gasteiger partial charge in [0, 0.05) is 45.7 Å². The Balaban J connectivity index is 1.51. The van der Waals surface area contributed by atoms with Crippen LogP contribution < -0.4 is 5.32 Å². The quantitative estimate of drug-likeness (QED) is 0.770. The van der Waals surface area contributed by atoms with Crippen LogP contribution in [-0.2, 0) is 11.2 Å². The van der Waals surface area contributed by atoms with E-state index in [0.717, 1.165) is 52.1 Å². The molecule has 0 aromatic heterocycles. The number of carbonyl (C=O) groups is 1. The van der Waals surface area contributed by atoms with E-state index in [4.69, 9.17) is 0 Å². The Hall–Kier alpha value is -1.39. The molecule has 1 aliphatic rings. The number of nitrogens with zero attached hydrogens (tertiary/aromatic N) is 2. The van der Waals surface area contributed by atoms with Gasteiger partial charge in [0.2, 0.25) is 5.91 Å². The first-order valence-electron chi connectivity index (χ1n) is 7.95. The van der Waals surface area contributed by atoms with Crippen molar-refractivity contribution in [2.75, 3.05) is 46.3 Å². The minimum Gasteiger partial charge on any atom is -0.356 e.